The van der Waals surface area contributed by atoms with Gasteiger partial charge in [-0.15, -0.1) is 11.8 Å². The number of hydrogen-bond donors (Lipinski definition) is 0. The Labute approximate surface area is 154 Å². The van der Waals surface area contributed by atoms with Crippen LogP contribution in [-0.2, 0) is 16.0 Å². The molecule has 0 aromatic heterocycles. The van der Waals surface area contributed by atoms with Crippen molar-refractivity contribution in [2.45, 2.75) is 56.9 Å². The Bertz CT molecular complexity index is 610. The summed E-state index contributed by atoms with van der Waals surface area (Å²) in [6.45, 7) is 2.10. The van der Waals surface area contributed by atoms with Crippen molar-refractivity contribution < 1.29 is 14.3 Å². The number of amides is 1. The second-order valence-electron chi connectivity index (χ2n) is 6.92. The van der Waals surface area contributed by atoms with E-state index in [4.69, 9.17) is 4.74 Å². The minimum absolute atomic E-state index is 0.0429. The molecule has 1 aliphatic carbocycles. The van der Waals surface area contributed by atoms with Crippen molar-refractivity contribution in [1.82, 2.24) is 4.90 Å². The van der Waals surface area contributed by atoms with Gasteiger partial charge in [0.15, 0.2) is 0 Å². The Balaban J connectivity index is 1.86. The lowest BCUT2D eigenvalue weighted by atomic mass is 9.88. The van der Waals surface area contributed by atoms with E-state index in [2.05, 4.69) is 6.92 Å². The maximum absolute atomic E-state index is 13.2. The van der Waals surface area contributed by atoms with Crippen LogP contribution in [0.3, 0.4) is 0 Å². The van der Waals surface area contributed by atoms with Crippen molar-refractivity contribution in [3.05, 3.63) is 35.4 Å². The van der Waals surface area contributed by atoms with Gasteiger partial charge in [0.2, 0.25) is 0 Å². The lowest BCUT2D eigenvalue weighted by Crippen LogP contribution is -2.48. The molecule has 2 unspecified atom stereocenters. The van der Waals surface area contributed by atoms with E-state index in [0.717, 1.165) is 19.3 Å². The molecule has 1 saturated carbocycles. The molecule has 4 nitrogen and oxygen atoms in total. The molecule has 1 heterocycles. The van der Waals surface area contributed by atoms with Gasteiger partial charge in [0.1, 0.15) is 6.04 Å². The molecule has 25 heavy (non-hydrogen) atoms. The van der Waals surface area contributed by atoms with Crippen molar-refractivity contribution in [1.29, 1.82) is 0 Å². The first kappa shape index (κ1) is 18.3. The van der Waals surface area contributed by atoms with Gasteiger partial charge in [-0.1, -0.05) is 38.3 Å². The molecule has 1 aromatic rings. The third-order valence-electron chi connectivity index (χ3n) is 5.40. The van der Waals surface area contributed by atoms with E-state index >= 15 is 0 Å². The van der Waals surface area contributed by atoms with Gasteiger partial charge in [-0.05, 0) is 42.9 Å². The van der Waals surface area contributed by atoms with Crippen molar-refractivity contribution in [3.8, 4) is 0 Å². The van der Waals surface area contributed by atoms with E-state index < -0.39 is 6.04 Å². The number of nitrogens with zero attached hydrogens (tertiary/aromatic N) is 1. The maximum Gasteiger partial charge on any atom is 0.329 e. The fourth-order valence-electron chi connectivity index (χ4n) is 3.92. The molecule has 1 aliphatic heterocycles. The van der Waals surface area contributed by atoms with Crippen molar-refractivity contribution in [3.63, 3.8) is 0 Å². The van der Waals surface area contributed by atoms with Crippen LogP contribution in [-0.4, -0.2) is 41.1 Å². The van der Waals surface area contributed by atoms with E-state index in [1.807, 2.05) is 29.2 Å². The van der Waals surface area contributed by atoms with Crippen LogP contribution in [0.4, 0.5) is 0 Å². The van der Waals surface area contributed by atoms with Gasteiger partial charge in [-0.3, -0.25) is 4.79 Å². The Morgan fingerprint density at radius 3 is 2.44 bits per heavy atom. The molecule has 0 spiro atoms. The maximum atomic E-state index is 13.2. The fraction of sp³-hybridized carbons (Fsp3) is 0.600. The first-order valence-electron chi connectivity index (χ1n) is 9.26. The van der Waals surface area contributed by atoms with E-state index in [0.29, 0.717) is 17.2 Å². The van der Waals surface area contributed by atoms with Crippen LogP contribution < -0.4 is 0 Å². The average molecular weight is 362 g/mol. The summed E-state index contributed by atoms with van der Waals surface area (Å²) in [7, 11) is 1.40. The zero-order chi connectivity index (χ0) is 17.8. The molecule has 2 fully saturated rings. The van der Waals surface area contributed by atoms with Crippen molar-refractivity contribution in [2.24, 2.45) is 5.92 Å². The Hall–Kier alpha value is -1.49. The minimum atomic E-state index is -0.472. The number of methoxy groups -OCH3 is 1. The molecule has 2 atom stereocenters. The van der Waals surface area contributed by atoms with E-state index in [1.165, 1.54) is 31.9 Å². The van der Waals surface area contributed by atoms with Crippen molar-refractivity contribution in [2.75, 3.05) is 12.9 Å². The van der Waals surface area contributed by atoms with E-state index in [9.17, 15) is 9.59 Å². The third kappa shape index (κ3) is 3.86. The number of esters is 1. The van der Waals surface area contributed by atoms with Crippen LogP contribution in [0.5, 0.6) is 0 Å². The van der Waals surface area contributed by atoms with Crippen LogP contribution in [0.25, 0.3) is 0 Å². The molecule has 3 rings (SSSR count). The van der Waals surface area contributed by atoms with Gasteiger partial charge >= 0.3 is 5.97 Å². The standard InChI is InChI=1S/C20H27NO3S/c1-3-14-9-11-15(12-10-14)18(22)21-17(20(23)24-2)13-25-19(21)16-7-5-4-6-8-16/h9-12,16-17,19H,3-8,13H2,1-2H3. The summed E-state index contributed by atoms with van der Waals surface area (Å²) >= 11 is 1.74. The molecule has 1 amide bonds. The number of hydrogen-bond acceptors (Lipinski definition) is 4. The van der Waals surface area contributed by atoms with Crippen molar-refractivity contribution >= 4 is 23.6 Å². The van der Waals surface area contributed by atoms with E-state index in [-0.39, 0.29) is 17.3 Å². The molecular weight excluding hydrogens is 334 g/mol. The third-order valence-corrected chi connectivity index (χ3v) is 6.87. The molecule has 1 aromatic carbocycles. The number of benzene rings is 1. The Morgan fingerprint density at radius 2 is 1.84 bits per heavy atom. The van der Waals surface area contributed by atoms with Crippen LogP contribution >= 0.6 is 11.8 Å². The number of aryl methyl sites for hydroxylation is 1. The predicted octanol–water partition coefficient (Wildman–Crippen LogP) is 3.89. The normalized spacial score (nSPS) is 24.3. The first-order valence-corrected chi connectivity index (χ1v) is 10.3. The molecule has 136 valence electrons. The summed E-state index contributed by atoms with van der Waals surface area (Å²) in [6, 6.07) is 7.30. The molecule has 2 aliphatic rings. The van der Waals surface area contributed by atoms with Crippen LogP contribution in [0.2, 0.25) is 0 Å². The number of thioether (sulfide) groups is 1. The van der Waals surface area contributed by atoms with Gasteiger partial charge in [-0.25, -0.2) is 4.79 Å². The smallest absolute Gasteiger partial charge is 0.329 e. The second-order valence-corrected chi connectivity index (χ2v) is 8.07. The molecule has 5 heteroatoms. The van der Waals surface area contributed by atoms with Gasteiger partial charge in [0.05, 0.1) is 12.5 Å². The fourth-order valence-corrected chi connectivity index (χ4v) is 5.54. The van der Waals surface area contributed by atoms with Gasteiger partial charge < -0.3 is 9.64 Å². The highest BCUT2D eigenvalue weighted by Gasteiger charge is 2.45. The molecular formula is C20H27NO3S. The quantitative estimate of drug-likeness (QED) is 0.764. The van der Waals surface area contributed by atoms with Crippen LogP contribution in [0.15, 0.2) is 24.3 Å². The first-order chi connectivity index (χ1) is 12.2. The Kier molecular flexibility index (Phi) is 6.05. The monoisotopic (exact) mass is 361 g/mol. The molecule has 0 bridgehead atoms. The number of carbonyl (C=O) groups excluding carboxylic acids is 2. The summed E-state index contributed by atoms with van der Waals surface area (Å²) in [5.41, 5.74) is 1.87. The highest BCUT2D eigenvalue weighted by Crippen LogP contribution is 2.41. The van der Waals surface area contributed by atoms with E-state index in [1.54, 1.807) is 11.8 Å². The zero-order valence-electron chi connectivity index (χ0n) is 15.1. The minimum Gasteiger partial charge on any atom is -0.467 e. The zero-order valence-corrected chi connectivity index (χ0v) is 15.9. The van der Waals surface area contributed by atoms with Gasteiger partial charge in [0, 0.05) is 11.3 Å². The average Bonchev–Trinajstić information content (AvgIpc) is 3.12. The van der Waals surface area contributed by atoms with Gasteiger partial charge in [-0.2, -0.15) is 0 Å². The summed E-state index contributed by atoms with van der Waals surface area (Å²) in [5.74, 6) is 0.766. The summed E-state index contributed by atoms with van der Waals surface area (Å²) in [4.78, 5) is 27.3. The summed E-state index contributed by atoms with van der Waals surface area (Å²) in [6.07, 6.45) is 6.95. The largest absolute Gasteiger partial charge is 0.467 e. The molecule has 0 N–H and O–H groups in total. The molecule has 1 saturated heterocycles. The lowest BCUT2D eigenvalue weighted by molar-refractivity contribution is -0.145. The SMILES string of the molecule is CCc1ccc(C(=O)N2C(C(=O)OC)CSC2C2CCCCC2)cc1. The second kappa shape index (κ2) is 8.26. The summed E-state index contributed by atoms with van der Waals surface area (Å²) in [5, 5.41) is 0.0859. The highest BCUT2D eigenvalue weighted by atomic mass is 32.2. The number of rotatable bonds is 4. The van der Waals surface area contributed by atoms with Gasteiger partial charge in [0.25, 0.3) is 5.91 Å². The lowest BCUT2D eigenvalue weighted by Gasteiger charge is -2.35. The van der Waals surface area contributed by atoms with Crippen LogP contribution in [0, 0.1) is 5.92 Å². The highest BCUT2D eigenvalue weighted by molar-refractivity contribution is 8.00. The topological polar surface area (TPSA) is 46.6 Å². The number of ether oxygens (including phenoxy) is 1. The predicted molar refractivity (Wildman–Crippen MR) is 101 cm³/mol. The summed E-state index contributed by atoms with van der Waals surface area (Å²) < 4.78 is 4.98. The number of carbonyl (C=O) groups is 2. The van der Waals surface area contributed by atoms with Crippen LogP contribution in [0.1, 0.15) is 54.9 Å². The Morgan fingerprint density at radius 1 is 1.16 bits per heavy atom. The molecule has 0 radical (unpaired) electrons.